The first kappa shape index (κ1) is 14.3. The smallest absolute Gasteiger partial charge is 0.204 e. The van der Waals surface area contributed by atoms with Gasteiger partial charge in [0.2, 0.25) is 5.95 Å². The molecule has 4 rings (SSSR count). The van der Waals surface area contributed by atoms with Crippen LogP contribution in [0.5, 0.6) is 0 Å². The van der Waals surface area contributed by atoms with Crippen molar-refractivity contribution in [2.45, 2.75) is 18.4 Å². The lowest BCUT2D eigenvalue weighted by atomic mass is 10.1. The zero-order valence-corrected chi connectivity index (χ0v) is 14.0. The second-order valence-corrected chi connectivity index (χ2v) is 6.49. The van der Waals surface area contributed by atoms with Crippen molar-refractivity contribution >= 4 is 17.7 Å². The maximum atomic E-state index is 4.82. The van der Waals surface area contributed by atoms with Gasteiger partial charge < -0.3 is 9.88 Å². The zero-order valence-electron chi connectivity index (χ0n) is 13.2. The van der Waals surface area contributed by atoms with E-state index in [2.05, 4.69) is 45.4 Å². The number of nitrogens with zero attached hydrogens (tertiary/aromatic N) is 3. The van der Waals surface area contributed by atoms with Crippen LogP contribution in [-0.2, 0) is 6.54 Å². The Morgan fingerprint density at radius 3 is 2.83 bits per heavy atom. The molecule has 0 amide bonds. The molecule has 0 radical (unpaired) electrons. The second-order valence-electron chi connectivity index (χ2n) is 5.61. The van der Waals surface area contributed by atoms with Gasteiger partial charge >= 0.3 is 0 Å². The standard InChI is InChI=1S/C18H18N4S/c1-12-5-3-8-15(20-12)16-17(22-10-9-19-18(22)21-16)13-6-4-7-14(11-13)23-2/h3-8,11H,9-10H2,1-2H3,(H,19,21). The minimum Gasteiger partial charge on any atom is -0.354 e. The molecule has 0 saturated carbocycles. The molecule has 0 unspecified atom stereocenters. The van der Waals surface area contributed by atoms with Gasteiger partial charge in [0.25, 0.3) is 0 Å². The Hall–Kier alpha value is -2.27. The molecule has 0 aliphatic carbocycles. The second kappa shape index (κ2) is 5.74. The maximum absolute atomic E-state index is 4.82. The highest BCUT2D eigenvalue weighted by atomic mass is 32.2. The number of benzene rings is 1. The number of anilines is 1. The van der Waals surface area contributed by atoms with Crippen LogP contribution < -0.4 is 5.32 Å². The van der Waals surface area contributed by atoms with Gasteiger partial charge in [0, 0.05) is 29.2 Å². The molecule has 2 aromatic heterocycles. The van der Waals surface area contributed by atoms with E-state index in [1.165, 1.54) is 10.5 Å². The summed E-state index contributed by atoms with van der Waals surface area (Å²) >= 11 is 1.76. The highest BCUT2D eigenvalue weighted by Gasteiger charge is 2.23. The van der Waals surface area contributed by atoms with E-state index in [0.29, 0.717) is 0 Å². The van der Waals surface area contributed by atoms with E-state index >= 15 is 0 Å². The molecule has 1 N–H and O–H groups in total. The Balaban J connectivity index is 1.94. The van der Waals surface area contributed by atoms with Crippen LogP contribution in [0.3, 0.4) is 0 Å². The normalized spacial score (nSPS) is 13.0. The lowest BCUT2D eigenvalue weighted by Gasteiger charge is -2.09. The Labute approximate surface area is 140 Å². The molecule has 1 aromatic carbocycles. The van der Waals surface area contributed by atoms with Crippen molar-refractivity contribution in [3.63, 3.8) is 0 Å². The van der Waals surface area contributed by atoms with Crippen LogP contribution in [0, 0.1) is 6.92 Å². The van der Waals surface area contributed by atoms with Gasteiger partial charge in [0.1, 0.15) is 5.69 Å². The van der Waals surface area contributed by atoms with Crippen LogP contribution >= 0.6 is 11.8 Å². The number of pyridine rings is 1. The van der Waals surface area contributed by atoms with Crippen molar-refractivity contribution in [2.75, 3.05) is 18.1 Å². The van der Waals surface area contributed by atoms with Gasteiger partial charge in [-0.15, -0.1) is 11.8 Å². The highest BCUT2D eigenvalue weighted by molar-refractivity contribution is 7.98. The van der Waals surface area contributed by atoms with E-state index < -0.39 is 0 Å². The van der Waals surface area contributed by atoms with E-state index in [9.17, 15) is 0 Å². The van der Waals surface area contributed by atoms with Gasteiger partial charge in [-0.25, -0.2) is 4.98 Å². The third kappa shape index (κ3) is 2.51. The SMILES string of the molecule is CSc1cccc(-c2c(-c3cccc(C)n3)nc3n2CCN3)c1. The fourth-order valence-electron chi connectivity index (χ4n) is 3.00. The number of imidazole rings is 1. The summed E-state index contributed by atoms with van der Waals surface area (Å²) in [4.78, 5) is 10.7. The third-order valence-corrected chi connectivity index (χ3v) is 4.79. The first-order valence-electron chi connectivity index (χ1n) is 7.69. The maximum Gasteiger partial charge on any atom is 0.204 e. The van der Waals surface area contributed by atoms with Gasteiger partial charge in [-0.1, -0.05) is 18.2 Å². The van der Waals surface area contributed by atoms with Crippen LogP contribution in [0.1, 0.15) is 5.69 Å². The fraction of sp³-hybridized carbons (Fsp3) is 0.222. The number of thioether (sulfide) groups is 1. The summed E-state index contributed by atoms with van der Waals surface area (Å²) in [5.74, 6) is 0.938. The molecule has 3 aromatic rings. The molecule has 4 nitrogen and oxygen atoms in total. The number of aryl methyl sites for hydroxylation is 1. The monoisotopic (exact) mass is 322 g/mol. The number of hydrogen-bond donors (Lipinski definition) is 1. The molecule has 1 aliphatic heterocycles. The van der Waals surface area contributed by atoms with E-state index in [0.717, 1.165) is 41.8 Å². The quantitative estimate of drug-likeness (QED) is 0.738. The van der Waals surface area contributed by atoms with Crippen LogP contribution in [-0.4, -0.2) is 27.3 Å². The van der Waals surface area contributed by atoms with Crippen LogP contribution in [0.2, 0.25) is 0 Å². The van der Waals surface area contributed by atoms with Crippen molar-refractivity contribution in [1.29, 1.82) is 0 Å². The minimum absolute atomic E-state index is 0.929. The van der Waals surface area contributed by atoms with Gasteiger partial charge in [-0.3, -0.25) is 4.98 Å². The van der Waals surface area contributed by atoms with Crippen LogP contribution in [0.25, 0.3) is 22.6 Å². The Morgan fingerprint density at radius 1 is 1.13 bits per heavy atom. The molecule has 116 valence electrons. The average Bonchev–Trinajstić information content (AvgIpc) is 3.15. The number of aromatic nitrogens is 3. The summed E-state index contributed by atoms with van der Waals surface area (Å²) in [5, 5.41) is 3.36. The molecule has 23 heavy (non-hydrogen) atoms. The first-order valence-corrected chi connectivity index (χ1v) is 8.91. The van der Waals surface area contributed by atoms with Crippen molar-refractivity contribution in [1.82, 2.24) is 14.5 Å². The summed E-state index contributed by atoms with van der Waals surface area (Å²) in [6, 6.07) is 14.7. The predicted molar refractivity (Wildman–Crippen MR) is 95.9 cm³/mol. The molecule has 0 spiro atoms. The molecule has 0 atom stereocenters. The van der Waals surface area contributed by atoms with Crippen molar-refractivity contribution in [3.8, 4) is 22.6 Å². The summed E-state index contributed by atoms with van der Waals surface area (Å²) in [5.41, 5.74) is 5.23. The number of fused-ring (bicyclic) bond motifs is 1. The van der Waals surface area contributed by atoms with Gasteiger partial charge in [0.05, 0.1) is 11.4 Å². The third-order valence-electron chi connectivity index (χ3n) is 4.06. The summed E-state index contributed by atoms with van der Waals surface area (Å²) < 4.78 is 2.26. The van der Waals surface area contributed by atoms with Gasteiger partial charge in [-0.05, 0) is 37.4 Å². The molecular formula is C18H18N4S. The van der Waals surface area contributed by atoms with E-state index in [4.69, 9.17) is 4.98 Å². The van der Waals surface area contributed by atoms with Gasteiger partial charge in [0.15, 0.2) is 0 Å². The molecule has 3 heterocycles. The van der Waals surface area contributed by atoms with Crippen molar-refractivity contribution < 1.29 is 0 Å². The summed E-state index contributed by atoms with van der Waals surface area (Å²) in [7, 11) is 0. The number of rotatable bonds is 3. The topological polar surface area (TPSA) is 42.7 Å². The van der Waals surface area contributed by atoms with Crippen molar-refractivity contribution in [2.24, 2.45) is 0 Å². The van der Waals surface area contributed by atoms with Crippen LogP contribution in [0.4, 0.5) is 5.95 Å². The van der Waals surface area contributed by atoms with E-state index in [-0.39, 0.29) is 0 Å². The first-order chi connectivity index (χ1) is 11.3. The molecule has 0 saturated heterocycles. The number of nitrogens with one attached hydrogen (secondary N) is 1. The lowest BCUT2D eigenvalue weighted by Crippen LogP contribution is -1.99. The van der Waals surface area contributed by atoms with E-state index in [1.54, 1.807) is 11.8 Å². The number of hydrogen-bond acceptors (Lipinski definition) is 4. The Kier molecular flexibility index (Phi) is 3.58. The average molecular weight is 322 g/mol. The lowest BCUT2D eigenvalue weighted by molar-refractivity contribution is 0.817. The Bertz CT molecular complexity index is 869. The molecule has 5 heteroatoms. The van der Waals surface area contributed by atoms with Crippen LogP contribution in [0.15, 0.2) is 47.4 Å². The largest absolute Gasteiger partial charge is 0.354 e. The van der Waals surface area contributed by atoms with Gasteiger partial charge in [-0.2, -0.15) is 0 Å². The predicted octanol–water partition coefficient (Wildman–Crippen LogP) is 4.07. The van der Waals surface area contributed by atoms with Crippen molar-refractivity contribution in [3.05, 3.63) is 48.2 Å². The summed E-state index contributed by atoms with van der Waals surface area (Å²) in [6.45, 7) is 3.88. The zero-order chi connectivity index (χ0) is 15.8. The molecule has 1 aliphatic rings. The minimum atomic E-state index is 0.929. The molecule has 0 bridgehead atoms. The highest BCUT2D eigenvalue weighted by Crippen LogP contribution is 2.36. The molecule has 0 fully saturated rings. The van der Waals surface area contributed by atoms with E-state index in [1.807, 2.05) is 25.1 Å². The Morgan fingerprint density at radius 2 is 2.00 bits per heavy atom. The summed E-state index contributed by atoms with van der Waals surface area (Å²) in [6.07, 6.45) is 2.10. The fourth-order valence-corrected chi connectivity index (χ4v) is 3.46. The molecular weight excluding hydrogens is 304 g/mol.